The summed E-state index contributed by atoms with van der Waals surface area (Å²) in [6.45, 7) is 12.6. The Morgan fingerprint density at radius 2 is 1.58 bits per heavy atom. The van der Waals surface area contributed by atoms with E-state index in [4.69, 9.17) is 4.98 Å². The molecule has 2 saturated heterocycles. The van der Waals surface area contributed by atoms with Gasteiger partial charge in [-0.2, -0.15) is 0 Å². The maximum atomic E-state index is 14.0. The minimum atomic E-state index is -0.863. The number of β-amino-alcohol motifs (C(OH)–C–C–N with tert-alkyl or cyclic N) is 1. The number of hydrogen-bond donors (Lipinski definition) is 6. The fraction of sp³-hybridized carbons (Fsp3) is 0.491. The summed E-state index contributed by atoms with van der Waals surface area (Å²) in [5, 5.41) is 22.4. The number of thiazole rings is 1. The highest BCUT2D eigenvalue weighted by Crippen LogP contribution is 2.29. The van der Waals surface area contributed by atoms with E-state index < -0.39 is 23.6 Å². The smallest absolute Gasteiger partial charge is 0.255 e. The highest BCUT2D eigenvalue weighted by molar-refractivity contribution is 7.13. The standard InChI is InChI=1S/C53H69N9O6S/c1-34-14-13-27-61(34)32-45-58-42-25-24-40(28-43(42)59-45)57-50(66)39-22-20-38(21-23-39)49(65)54-26-12-10-8-6-7-9-11-15-46(64)60-48(53(3,4)5)52(68)62-31-41(63)29-44(62)51(67)55-30-36-16-18-37(19-17-36)47-35(2)56-33-69-47/h16-25,28,33-34,41,44,48,63H,6-15,26-27,29-32H2,1-5H3,(H,54,65)(H,55,67)(H,57,66)(H,58,59)(H,60,64)/t34-,41+,44-,48+/m0/s1. The summed E-state index contributed by atoms with van der Waals surface area (Å²) in [7, 11) is 0. The maximum Gasteiger partial charge on any atom is 0.255 e. The first-order valence-corrected chi connectivity index (χ1v) is 25.5. The number of likely N-dealkylation sites (tertiary alicyclic amines) is 2. The van der Waals surface area contributed by atoms with Crippen LogP contribution < -0.4 is 21.3 Å². The topological polar surface area (TPSA) is 202 Å². The Hall–Kier alpha value is -5.97. The molecule has 2 aliphatic heterocycles. The SMILES string of the molecule is Cc1ncsc1-c1ccc(CNC(=O)[C@@H]2C[C@@H](O)CN2C(=O)[C@@H](NC(=O)CCCCCCCCCNC(=O)c2ccc(C(=O)Nc3ccc4[nH]c(CN5CCC[C@@H]5C)nc4c3)cc2)C(C)(C)C)cc1. The number of H-pyrrole nitrogens is 1. The number of aliphatic hydroxyl groups excluding tert-OH is 1. The van der Waals surface area contributed by atoms with Crippen molar-refractivity contribution in [1.82, 2.24) is 40.7 Å². The Bertz CT molecular complexity index is 2550. The van der Waals surface area contributed by atoms with Gasteiger partial charge < -0.3 is 36.3 Å². The van der Waals surface area contributed by atoms with Crippen molar-refractivity contribution in [2.45, 2.75) is 143 Å². The third-order valence-electron chi connectivity index (χ3n) is 13.3. The lowest BCUT2D eigenvalue weighted by Gasteiger charge is -2.35. The molecule has 4 atom stereocenters. The predicted molar refractivity (Wildman–Crippen MR) is 271 cm³/mol. The Morgan fingerprint density at radius 1 is 0.884 bits per heavy atom. The molecule has 4 heterocycles. The molecule has 69 heavy (non-hydrogen) atoms. The van der Waals surface area contributed by atoms with Crippen LogP contribution >= 0.6 is 11.3 Å². The summed E-state index contributed by atoms with van der Waals surface area (Å²) >= 11 is 1.58. The fourth-order valence-corrected chi connectivity index (χ4v) is 10.0. The number of carbonyl (C=O) groups is 5. The van der Waals surface area contributed by atoms with E-state index in [1.54, 1.807) is 35.6 Å². The van der Waals surface area contributed by atoms with E-state index in [-0.39, 0.29) is 55.5 Å². The zero-order valence-corrected chi connectivity index (χ0v) is 41.6. The van der Waals surface area contributed by atoms with Gasteiger partial charge in [-0.15, -0.1) is 11.3 Å². The van der Waals surface area contributed by atoms with Crippen molar-refractivity contribution in [2.75, 3.05) is 25.0 Å². The molecule has 5 aromatic rings. The van der Waals surface area contributed by atoms with Gasteiger partial charge in [0.1, 0.15) is 17.9 Å². The molecule has 0 bridgehead atoms. The first-order valence-electron chi connectivity index (χ1n) is 24.6. The van der Waals surface area contributed by atoms with Crippen LogP contribution in [0.15, 0.2) is 72.2 Å². The number of benzene rings is 3. The molecule has 2 aromatic heterocycles. The molecule has 6 N–H and O–H groups in total. The van der Waals surface area contributed by atoms with Crippen LogP contribution in [-0.2, 0) is 27.5 Å². The number of anilines is 1. The molecule has 0 spiro atoms. The second kappa shape index (κ2) is 23.6. The molecular weight excluding hydrogens is 891 g/mol. The molecule has 15 nitrogen and oxygen atoms in total. The number of carbonyl (C=O) groups excluding carboxylic acids is 5. The van der Waals surface area contributed by atoms with Crippen LogP contribution in [0.5, 0.6) is 0 Å². The van der Waals surface area contributed by atoms with Crippen molar-refractivity contribution in [3.8, 4) is 10.4 Å². The number of aromatic nitrogens is 3. The van der Waals surface area contributed by atoms with Crippen LogP contribution in [0, 0.1) is 12.3 Å². The quantitative estimate of drug-likeness (QED) is 0.0396. The molecule has 7 rings (SSSR count). The van der Waals surface area contributed by atoms with Crippen molar-refractivity contribution in [3.63, 3.8) is 0 Å². The lowest BCUT2D eigenvalue weighted by atomic mass is 9.85. The van der Waals surface area contributed by atoms with Crippen molar-refractivity contribution in [2.24, 2.45) is 5.41 Å². The Labute approximate surface area is 409 Å². The van der Waals surface area contributed by atoms with Gasteiger partial charge in [0.05, 0.1) is 39.8 Å². The second-order valence-corrected chi connectivity index (χ2v) is 20.7. The maximum absolute atomic E-state index is 14.0. The Morgan fingerprint density at radius 3 is 2.25 bits per heavy atom. The normalized spacial score (nSPS) is 17.8. The molecule has 0 radical (unpaired) electrons. The summed E-state index contributed by atoms with van der Waals surface area (Å²) in [5.41, 5.74) is 7.47. The summed E-state index contributed by atoms with van der Waals surface area (Å²) in [6.07, 6.45) is 8.34. The molecule has 2 aliphatic rings. The summed E-state index contributed by atoms with van der Waals surface area (Å²) in [6, 6.07) is 19.1. The van der Waals surface area contributed by atoms with Crippen molar-refractivity contribution >= 4 is 57.6 Å². The number of unbranched alkanes of at least 4 members (excludes halogenated alkanes) is 6. The summed E-state index contributed by atoms with van der Waals surface area (Å²) in [5.74, 6) is -0.449. The number of fused-ring (bicyclic) bond motifs is 1. The van der Waals surface area contributed by atoms with Crippen LogP contribution in [0.3, 0.4) is 0 Å². The number of amides is 5. The molecule has 0 saturated carbocycles. The third-order valence-corrected chi connectivity index (χ3v) is 14.3. The number of aryl methyl sites for hydroxylation is 1. The van der Waals surface area contributed by atoms with Gasteiger partial charge in [0.15, 0.2) is 0 Å². The van der Waals surface area contributed by atoms with Crippen LogP contribution in [0.4, 0.5) is 5.69 Å². The number of hydrogen-bond acceptors (Lipinski definition) is 10. The van der Waals surface area contributed by atoms with E-state index in [2.05, 4.69) is 43.1 Å². The first kappa shape index (κ1) is 50.9. The van der Waals surface area contributed by atoms with Crippen molar-refractivity contribution < 1.29 is 29.1 Å². The van der Waals surface area contributed by atoms with E-state index in [0.717, 1.165) is 90.2 Å². The number of rotatable bonds is 21. The molecule has 2 fully saturated rings. The van der Waals surface area contributed by atoms with Crippen LogP contribution in [0.25, 0.3) is 21.5 Å². The highest BCUT2D eigenvalue weighted by Gasteiger charge is 2.44. The highest BCUT2D eigenvalue weighted by atomic mass is 32.1. The molecule has 3 aromatic carbocycles. The molecule has 368 valence electrons. The van der Waals surface area contributed by atoms with E-state index >= 15 is 0 Å². The number of aliphatic hydroxyl groups is 1. The van der Waals surface area contributed by atoms with Gasteiger partial charge in [-0.25, -0.2) is 9.97 Å². The van der Waals surface area contributed by atoms with Crippen LogP contribution in [0.2, 0.25) is 0 Å². The minimum Gasteiger partial charge on any atom is -0.391 e. The third kappa shape index (κ3) is 13.9. The van der Waals surface area contributed by atoms with Crippen LogP contribution in [-0.4, -0.2) is 103 Å². The van der Waals surface area contributed by atoms with Gasteiger partial charge in [0.2, 0.25) is 17.7 Å². The second-order valence-electron chi connectivity index (χ2n) is 19.8. The lowest BCUT2D eigenvalue weighted by Crippen LogP contribution is -2.57. The van der Waals surface area contributed by atoms with Crippen molar-refractivity contribution in [3.05, 3.63) is 100 Å². The molecule has 5 amide bonds. The minimum absolute atomic E-state index is 0.0239. The zero-order valence-electron chi connectivity index (χ0n) is 40.7. The lowest BCUT2D eigenvalue weighted by molar-refractivity contribution is -0.144. The van der Waals surface area contributed by atoms with Gasteiger partial charge in [-0.1, -0.05) is 77.1 Å². The first-order chi connectivity index (χ1) is 33.1. The molecule has 0 aliphatic carbocycles. The molecule has 16 heteroatoms. The monoisotopic (exact) mass is 960 g/mol. The van der Waals surface area contributed by atoms with Gasteiger partial charge >= 0.3 is 0 Å². The zero-order chi connectivity index (χ0) is 49.1. The summed E-state index contributed by atoms with van der Waals surface area (Å²) < 4.78 is 0. The largest absolute Gasteiger partial charge is 0.391 e. The molecular formula is C53H69N9O6S. The van der Waals surface area contributed by atoms with Gasteiger partial charge in [-0.3, -0.25) is 28.9 Å². The average molecular weight is 960 g/mol. The fourth-order valence-electron chi connectivity index (χ4n) is 9.22. The van der Waals surface area contributed by atoms with E-state index in [9.17, 15) is 29.1 Å². The number of imidazole rings is 1. The predicted octanol–water partition coefficient (Wildman–Crippen LogP) is 7.89. The van der Waals surface area contributed by atoms with Gasteiger partial charge in [0.25, 0.3) is 11.8 Å². The average Bonchev–Trinajstić information content (AvgIpc) is 4.14. The van der Waals surface area contributed by atoms with Crippen LogP contribution in [0.1, 0.15) is 136 Å². The van der Waals surface area contributed by atoms with Crippen molar-refractivity contribution in [1.29, 1.82) is 0 Å². The van der Waals surface area contributed by atoms with Gasteiger partial charge in [-0.05, 0) is 105 Å². The number of nitrogens with one attached hydrogen (secondary N) is 5. The van der Waals surface area contributed by atoms with E-state index in [1.165, 1.54) is 17.7 Å². The number of aromatic amines is 1. The van der Waals surface area contributed by atoms with E-state index in [1.807, 2.05) is 75.7 Å². The summed E-state index contributed by atoms with van der Waals surface area (Å²) in [4.78, 5) is 83.9. The Balaban J connectivity index is 0.753. The number of nitrogens with zero attached hydrogens (tertiary/aromatic N) is 4. The van der Waals surface area contributed by atoms with E-state index in [0.29, 0.717) is 35.8 Å². The van der Waals surface area contributed by atoms with Gasteiger partial charge in [0, 0.05) is 55.3 Å². The Kier molecular flexibility index (Phi) is 17.4. The molecule has 0 unspecified atom stereocenters.